The lowest BCUT2D eigenvalue weighted by atomic mass is 10.2. The third-order valence-corrected chi connectivity index (χ3v) is 2.61. The molecule has 1 aromatic heterocycles. The highest BCUT2D eigenvalue weighted by Crippen LogP contribution is 2.21. The first kappa shape index (κ1) is 7.20. The summed E-state index contributed by atoms with van der Waals surface area (Å²) in [4.78, 5) is 0. The predicted molar refractivity (Wildman–Crippen MR) is 50.9 cm³/mol. The van der Waals surface area contributed by atoms with Crippen LogP contribution in [-0.4, -0.2) is 0 Å². The van der Waals surface area contributed by atoms with E-state index in [1.807, 2.05) is 35.7 Å². The summed E-state index contributed by atoms with van der Waals surface area (Å²) in [5.41, 5.74) is 0.754. The molecule has 0 spiro atoms. The highest BCUT2D eigenvalue weighted by Gasteiger charge is 2.06. The first-order valence-corrected chi connectivity index (χ1v) is 4.49. The van der Waals surface area contributed by atoms with E-state index in [0.29, 0.717) is 0 Å². The Morgan fingerprint density at radius 3 is 2.83 bits per heavy atom. The van der Waals surface area contributed by atoms with E-state index < -0.39 is 0 Å². The Hall–Kier alpha value is -1.46. The van der Waals surface area contributed by atoms with Crippen molar-refractivity contribution in [1.82, 2.24) is 0 Å². The fraction of sp³-hybridized carbons (Fsp3) is 0. The van der Waals surface area contributed by atoms with E-state index in [1.54, 1.807) is 11.3 Å². The molecule has 56 valence electrons. The summed E-state index contributed by atoms with van der Waals surface area (Å²) >= 11 is 1.66. The minimum Gasteiger partial charge on any atom is -0.192 e. The monoisotopic (exact) mass is 172 g/mol. The van der Waals surface area contributed by atoms with Crippen LogP contribution in [0, 0.1) is 11.3 Å². The van der Waals surface area contributed by atoms with Crippen molar-refractivity contribution in [3.05, 3.63) is 41.3 Å². The van der Waals surface area contributed by atoms with Gasteiger partial charge in [0.2, 0.25) is 16.0 Å². The normalized spacial score (nSPS) is 9.58. The van der Waals surface area contributed by atoms with Crippen LogP contribution in [0.25, 0.3) is 10.1 Å². The smallest absolute Gasteiger partial charge is 0.192 e. The molecule has 0 atom stereocenters. The van der Waals surface area contributed by atoms with E-state index in [0.717, 1.165) is 15.6 Å². The largest absolute Gasteiger partial charge is 0.239 e. The van der Waals surface area contributed by atoms with Crippen molar-refractivity contribution in [2.24, 2.45) is 0 Å². The van der Waals surface area contributed by atoms with Gasteiger partial charge in [0.25, 0.3) is 0 Å². The number of benzene rings is 1. The molecule has 12 heavy (non-hydrogen) atoms. The maximum absolute atomic E-state index is 8.79. The summed E-state index contributed by atoms with van der Waals surface area (Å²) in [6.07, 6.45) is 0. The zero-order valence-corrected chi connectivity index (χ0v) is 7.14. The first-order chi connectivity index (χ1) is 5.92. The Morgan fingerprint density at radius 2 is 2.00 bits per heavy atom. The number of rotatable bonds is 0. The van der Waals surface area contributed by atoms with Crippen molar-refractivity contribution < 1.29 is 0 Å². The number of nitrogens with zero attached hydrogens (tertiary/aromatic N) is 1. The lowest BCUT2D eigenvalue weighted by Gasteiger charge is -1.88. The van der Waals surface area contributed by atoms with Crippen LogP contribution in [0.4, 0.5) is 0 Å². The highest BCUT2D eigenvalue weighted by atomic mass is 32.1. The summed E-state index contributed by atoms with van der Waals surface area (Å²) in [6, 6.07) is 12.0. The molecule has 0 saturated carbocycles. The number of nitriles is 1. The third kappa shape index (κ3) is 1.05. The topological polar surface area (TPSA) is 23.8 Å². The molecule has 0 saturated heterocycles. The average molecular weight is 172 g/mol. The van der Waals surface area contributed by atoms with Gasteiger partial charge in [0.1, 0.15) is 6.07 Å². The van der Waals surface area contributed by atoms with E-state index in [-0.39, 0.29) is 0 Å². The lowest BCUT2D eigenvalue weighted by Crippen LogP contribution is -1.74. The van der Waals surface area contributed by atoms with Crippen LogP contribution in [0.15, 0.2) is 35.7 Å². The maximum Gasteiger partial charge on any atom is 0.239 e. The summed E-state index contributed by atoms with van der Waals surface area (Å²) in [5.74, 6) is 0. The van der Waals surface area contributed by atoms with Gasteiger partial charge in [-0.15, -0.1) is 0 Å². The van der Waals surface area contributed by atoms with Gasteiger partial charge in [0, 0.05) is 12.1 Å². The van der Waals surface area contributed by atoms with Gasteiger partial charge in [-0.25, -0.2) is 0 Å². The zero-order valence-electron chi connectivity index (χ0n) is 6.32. The first-order valence-electron chi connectivity index (χ1n) is 3.61. The van der Waals surface area contributed by atoms with Gasteiger partial charge in [0.05, 0.1) is 10.9 Å². The molecule has 0 aliphatic rings. The van der Waals surface area contributed by atoms with Crippen molar-refractivity contribution in [3.63, 3.8) is 0 Å². The summed E-state index contributed by atoms with van der Waals surface area (Å²) in [6.45, 7) is 0. The molecule has 0 radical (unpaired) electrons. The lowest BCUT2D eigenvalue weighted by molar-refractivity contribution is 1.51. The quantitative estimate of drug-likeness (QED) is 0.560. The highest BCUT2D eigenvalue weighted by molar-refractivity contribution is 7.16. The van der Waals surface area contributed by atoms with Gasteiger partial charge in [-0.05, 0) is 6.07 Å². The second kappa shape index (κ2) is 2.88. The van der Waals surface area contributed by atoms with Crippen molar-refractivity contribution in [2.75, 3.05) is 0 Å². The predicted octanol–water partition coefficient (Wildman–Crippen LogP) is 3.05. The minimum absolute atomic E-state index is 0.754. The fourth-order valence-corrected chi connectivity index (χ4v) is 1.97. The van der Waals surface area contributed by atoms with Gasteiger partial charge in [-0.2, -0.15) is 5.26 Å². The second-order valence-electron chi connectivity index (χ2n) is 2.44. The molecule has 0 bridgehead atoms. The molecule has 0 unspecified atom stereocenters. The number of hydrogen-bond donors (Lipinski definition) is 0. The Morgan fingerprint density at radius 1 is 1.17 bits per heavy atom. The molecule has 0 aliphatic heterocycles. The molecule has 2 aromatic rings. The van der Waals surface area contributed by atoms with Crippen molar-refractivity contribution in [1.29, 1.82) is 5.26 Å². The third-order valence-electron chi connectivity index (χ3n) is 1.73. The number of hydrogen-bond acceptors (Lipinski definition) is 1. The molecule has 2 heteroatoms. The maximum atomic E-state index is 8.79. The Bertz CT molecular complexity index is 451. The van der Waals surface area contributed by atoms with Gasteiger partial charge in [0.15, 0.2) is 5.38 Å². The number of fused-ring (bicyclic) bond motifs is 1. The molecule has 0 amide bonds. The fourth-order valence-electron chi connectivity index (χ4n) is 1.15. The molecular weight excluding hydrogens is 166 g/mol. The molecule has 1 aromatic carbocycles. The van der Waals surface area contributed by atoms with E-state index in [4.69, 9.17) is 5.26 Å². The molecule has 0 N–H and O–H groups in total. The standard InChI is InChI=1S/C10H6NS/c11-7-8-5-6-12-10-4-2-1-3-9(8)10/h1-6H/q+1. The van der Waals surface area contributed by atoms with Crippen LogP contribution < -0.4 is 0 Å². The van der Waals surface area contributed by atoms with E-state index in [2.05, 4.69) is 6.07 Å². The Balaban J connectivity index is 2.91. The van der Waals surface area contributed by atoms with Crippen LogP contribution in [-0.2, 0) is 0 Å². The van der Waals surface area contributed by atoms with E-state index in [1.165, 1.54) is 0 Å². The van der Waals surface area contributed by atoms with E-state index >= 15 is 0 Å². The molecule has 2 rings (SSSR count). The van der Waals surface area contributed by atoms with Crippen molar-refractivity contribution >= 4 is 21.4 Å². The van der Waals surface area contributed by atoms with Crippen LogP contribution in [0.1, 0.15) is 5.56 Å². The van der Waals surface area contributed by atoms with E-state index in [9.17, 15) is 0 Å². The Labute approximate surface area is 74.5 Å². The zero-order chi connectivity index (χ0) is 8.39. The van der Waals surface area contributed by atoms with Crippen LogP contribution in [0.5, 0.6) is 0 Å². The molecule has 1 heterocycles. The summed E-state index contributed by atoms with van der Waals surface area (Å²) < 4.78 is 1.16. The SMILES string of the molecule is N#Cc1cc[s+]c2ccccc12. The Kier molecular flexibility index (Phi) is 1.73. The van der Waals surface area contributed by atoms with Gasteiger partial charge >= 0.3 is 0 Å². The second-order valence-corrected chi connectivity index (χ2v) is 3.39. The van der Waals surface area contributed by atoms with Crippen molar-refractivity contribution in [3.8, 4) is 6.07 Å². The van der Waals surface area contributed by atoms with Crippen LogP contribution >= 0.6 is 11.3 Å². The van der Waals surface area contributed by atoms with Crippen LogP contribution in [0.2, 0.25) is 0 Å². The molecule has 1 nitrogen and oxygen atoms in total. The molecular formula is C10H6NS+. The van der Waals surface area contributed by atoms with Crippen molar-refractivity contribution in [2.45, 2.75) is 0 Å². The molecule has 0 aliphatic carbocycles. The van der Waals surface area contributed by atoms with Gasteiger partial charge < -0.3 is 0 Å². The van der Waals surface area contributed by atoms with Crippen LogP contribution in [0.3, 0.4) is 0 Å². The summed E-state index contributed by atoms with van der Waals surface area (Å²) in [7, 11) is 0. The molecule has 0 fully saturated rings. The summed E-state index contributed by atoms with van der Waals surface area (Å²) in [5, 5.41) is 11.8. The minimum atomic E-state index is 0.754. The average Bonchev–Trinajstić information content (AvgIpc) is 2.17. The van der Waals surface area contributed by atoms with Gasteiger partial charge in [-0.1, -0.05) is 12.1 Å². The van der Waals surface area contributed by atoms with Gasteiger partial charge in [-0.3, -0.25) is 0 Å².